The van der Waals surface area contributed by atoms with E-state index >= 15 is 0 Å². The summed E-state index contributed by atoms with van der Waals surface area (Å²) in [5.74, 6) is 0.516. The Balaban J connectivity index is 0.000000312. The average molecular weight is 265 g/mol. The van der Waals surface area contributed by atoms with Gasteiger partial charge in [-0.15, -0.1) is 0 Å². The van der Waals surface area contributed by atoms with Crippen LogP contribution in [-0.2, 0) is 4.84 Å². The van der Waals surface area contributed by atoms with Gasteiger partial charge in [-0.25, -0.2) is 0 Å². The van der Waals surface area contributed by atoms with Crippen LogP contribution in [0.5, 0.6) is 0 Å². The quantitative estimate of drug-likeness (QED) is 0.649. The second kappa shape index (κ2) is 7.11. The first-order valence-corrected chi connectivity index (χ1v) is 6.31. The summed E-state index contributed by atoms with van der Waals surface area (Å²) in [6.45, 7) is 4.30. The Morgan fingerprint density at radius 2 is 1.84 bits per heavy atom. The predicted octanol–water partition coefficient (Wildman–Crippen LogP) is 2.43. The largest absolute Gasteiger partial charge is 0.363 e. The van der Waals surface area contributed by atoms with E-state index in [1.807, 2.05) is 32.3 Å². The van der Waals surface area contributed by atoms with Crippen molar-refractivity contribution in [3.63, 3.8) is 0 Å². The number of fused-ring (bicyclic) bond motifs is 1. The maximum atomic E-state index is 10.6. The van der Waals surface area contributed by atoms with Gasteiger partial charge in [-0.3, -0.25) is 4.79 Å². The van der Waals surface area contributed by atoms with Gasteiger partial charge in [-0.1, -0.05) is 13.8 Å². The molecule has 0 saturated carbocycles. The van der Waals surface area contributed by atoms with Crippen LogP contribution in [-0.4, -0.2) is 38.7 Å². The summed E-state index contributed by atoms with van der Waals surface area (Å²) in [6, 6.07) is 5.63. The topological polar surface area (TPSA) is 53.6 Å². The van der Waals surface area contributed by atoms with Crippen LogP contribution >= 0.6 is 0 Å². The highest BCUT2D eigenvalue weighted by Crippen LogP contribution is 2.31. The van der Waals surface area contributed by atoms with Crippen LogP contribution in [0.2, 0.25) is 0 Å². The van der Waals surface area contributed by atoms with Crippen molar-refractivity contribution < 1.29 is 9.63 Å². The van der Waals surface area contributed by atoms with Crippen LogP contribution in [0.4, 0.5) is 11.4 Å². The van der Waals surface area contributed by atoms with Crippen LogP contribution < -0.4 is 10.6 Å². The SMILES string of the molecule is CC(C)C1Nc2ccc(C=O)cc2N1.CON(C)C. The fourth-order valence-electron chi connectivity index (χ4n) is 1.58. The van der Waals surface area contributed by atoms with Crippen LogP contribution in [0, 0.1) is 5.92 Å². The molecule has 5 nitrogen and oxygen atoms in total. The van der Waals surface area contributed by atoms with Gasteiger partial charge in [0.25, 0.3) is 0 Å². The lowest BCUT2D eigenvalue weighted by atomic mass is 10.2. The van der Waals surface area contributed by atoms with E-state index in [1.54, 1.807) is 12.2 Å². The zero-order valence-corrected chi connectivity index (χ0v) is 12.2. The highest BCUT2D eigenvalue weighted by atomic mass is 16.7. The minimum Gasteiger partial charge on any atom is -0.363 e. The van der Waals surface area contributed by atoms with Crippen LogP contribution in [0.1, 0.15) is 24.2 Å². The van der Waals surface area contributed by atoms with Crippen molar-refractivity contribution in [2.75, 3.05) is 31.8 Å². The van der Waals surface area contributed by atoms with Gasteiger partial charge in [0, 0.05) is 19.7 Å². The number of benzene rings is 1. The number of aldehydes is 1. The van der Waals surface area contributed by atoms with E-state index in [0.29, 0.717) is 11.5 Å². The molecule has 0 spiro atoms. The summed E-state index contributed by atoms with van der Waals surface area (Å²) >= 11 is 0. The Morgan fingerprint density at radius 3 is 2.32 bits per heavy atom. The molecular weight excluding hydrogens is 242 g/mol. The van der Waals surface area contributed by atoms with Crippen LogP contribution in [0.3, 0.4) is 0 Å². The zero-order chi connectivity index (χ0) is 14.4. The van der Waals surface area contributed by atoms with E-state index in [2.05, 4.69) is 29.3 Å². The second-order valence-corrected chi connectivity index (χ2v) is 4.93. The molecule has 1 heterocycles. The molecule has 1 unspecified atom stereocenters. The monoisotopic (exact) mass is 265 g/mol. The molecule has 0 radical (unpaired) electrons. The first-order chi connectivity index (χ1) is 8.97. The smallest absolute Gasteiger partial charge is 0.150 e. The molecule has 2 N–H and O–H groups in total. The van der Waals surface area contributed by atoms with Gasteiger partial charge in [0.15, 0.2) is 0 Å². The zero-order valence-electron chi connectivity index (χ0n) is 12.2. The summed E-state index contributed by atoms with van der Waals surface area (Å²) < 4.78 is 0. The maximum Gasteiger partial charge on any atom is 0.150 e. The van der Waals surface area contributed by atoms with Crippen molar-refractivity contribution in [3.05, 3.63) is 23.8 Å². The third-order valence-corrected chi connectivity index (χ3v) is 2.83. The molecule has 0 bridgehead atoms. The molecule has 0 saturated heterocycles. The third kappa shape index (κ3) is 4.54. The normalized spacial score (nSPS) is 16.3. The number of nitrogens with zero attached hydrogens (tertiary/aromatic N) is 1. The van der Waals surface area contributed by atoms with E-state index in [0.717, 1.165) is 17.7 Å². The molecule has 19 heavy (non-hydrogen) atoms. The number of nitrogens with one attached hydrogen (secondary N) is 2. The Bertz CT molecular complexity index is 419. The average Bonchev–Trinajstić information content (AvgIpc) is 2.82. The van der Waals surface area contributed by atoms with E-state index in [-0.39, 0.29) is 6.17 Å². The minimum atomic E-state index is 0.270. The summed E-state index contributed by atoms with van der Waals surface area (Å²) in [6.07, 6.45) is 1.14. The number of rotatable bonds is 3. The van der Waals surface area contributed by atoms with Crippen molar-refractivity contribution in [2.24, 2.45) is 5.92 Å². The van der Waals surface area contributed by atoms with Crippen molar-refractivity contribution >= 4 is 17.7 Å². The predicted molar refractivity (Wildman–Crippen MR) is 78.4 cm³/mol. The molecule has 0 amide bonds. The van der Waals surface area contributed by atoms with Crippen molar-refractivity contribution in [2.45, 2.75) is 20.0 Å². The Labute approximate surface area is 114 Å². The summed E-state index contributed by atoms with van der Waals surface area (Å²) in [5.41, 5.74) is 2.81. The van der Waals surface area contributed by atoms with Crippen molar-refractivity contribution in [1.29, 1.82) is 0 Å². The minimum absolute atomic E-state index is 0.270. The molecule has 0 fully saturated rings. The highest BCUT2D eigenvalue weighted by molar-refractivity contribution is 5.83. The molecule has 1 aliphatic heterocycles. The van der Waals surface area contributed by atoms with Gasteiger partial charge in [0.05, 0.1) is 24.7 Å². The van der Waals surface area contributed by atoms with Gasteiger partial charge in [-0.2, -0.15) is 5.06 Å². The molecule has 0 aliphatic carbocycles. The van der Waals surface area contributed by atoms with Crippen LogP contribution in [0.25, 0.3) is 0 Å². The molecule has 2 rings (SSSR count). The number of carbonyl (C=O) groups excluding carboxylic acids is 1. The van der Waals surface area contributed by atoms with Gasteiger partial charge in [0.1, 0.15) is 6.29 Å². The number of carbonyl (C=O) groups is 1. The molecular formula is C14H23N3O2. The highest BCUT2D eigenvalue weighted by Gasteiger charge is 2.21. The molecule has 1 atom stereocenters. The lowest BCUT2D eigenvalue weighted by molar-refractivity contribution is -0.0855. The molecule has 106 valence electrons. The first-order valence-electron chi connectivity index (χ1n) is 6.31. The van der Waals surface area contributed by atoms with Gasteiger partial charge in [0.2, 0.25) is 0 Å². The molecule has 1 aromatic rings. The Morgan fingerprint density at radius 1 is 1.26 bits per heavy atom. The lowest BCUT2D eigenvalue weighted by Crippen LogP contribution is -2.27. The van der Waals surface area contributed by atoms with Gasteiger partial charge in [-0.05, 0) is 24.1 Å². The van der Waals surface area contributed by atoms with Gasteiger partial charge >= 0.3 is 0 Å². The molecule has 5 heteroatoms. The van der Waals surface area contributed by atoms with Gasteiger partial charge < -0.3 is 15.5 Å². The Kier molecular flexibility index (Phi) is 5.79. The summed E-state index contributed by atoms with van der Waals surface area (Å²) in [5, 5.41) is 8.32. The number of hydrogen-bond acceptors (Lipinski definition) is 5. The standard InChI is InChI=1S/C11H14N2O.C3H9NO/c1-7(2)11-12-9-4-3-8(6-14)5-10(9)13-11;1-4(2)5-3/h3-7,11-13H,1-2H3;1-3H3. The maximum absolute atomic E-state index is 10.6. The van der Waals surface area contributed by atoms with Crippen LogP contribution in [0.15, 0.2) is 18.2 Å². The van der Waals surface area contributed by atoms with E-state index in [1.165, 1.54) is 0 Å². The third-order valence-electron chi connectivity index (χ3n) is 2.83. The first kappa shape index (κ1) is 15.5. The molecule has 1 aliphatic rings. The van der Waals surface area contributed by atoms with Crippen molar-refractivity contribution in [3.8, 4) is 0 Å². The summed E-state index contributed by atoms with van der Waals surface area (Å²) in [4.78, 5) is 15.2. The van der Waals surface area contributed by atoms with E-state index < -0.39 is 0 Å². The summed E-state index contributed by atoms with van der Waals surface area (Å²) in [7, 11) is 5.29. The fourth-order valence-corrected chi connectivity index (χ4v) is 1.58. The van der Waals surface area contributed by atoms with Crippen molar-refractivity contribution in [1.82, 2.24) is 5.06 Å². The number of hydroxylamine groups is 2. The molecule has 0 aromatic heterocycles. The number of anilines is 2. The fraction of sp³-hybridized carbons (Fsp3) is 0.500. The Hall–Kier alpha value is -1.59. The van der Waals surface area contributed by atoms with E-state index in [9.17, 15) is 4.79 Å². The second-order valence-electron chi connectivity index (χ2n) is 4.93. The number of hydrogen-bond donors (Lipinski definition) is 2. The van der Waals surface area contributed by atoms with E-state index in [4.69, 9.17) is 0 Å². The lowest BCUT2D eigenvalue weighted by Gasteiger charge is -2.15. The molecule has 1 aromatic carbocycles.